The number of halogens is 1. The summed E-state index contributed by atoms with van der Waals surface area (Å²) in [7, 11) is 0. The Morgan fingerprint density at radius 2 is 1.82 bits per heavy atom. The molecular weight excluding hydrogens is 276 g/mol. The number of hydrogen-bond donors (Lipinski definition) is 0. The minimum atomic E-state index is 0.330. The van der Waals surface area contributed by atoms with E-state index in [0.29, 0.717) is 17.4 Å². The zero-order valence-corrected chi connectivity index (χ0v) is 13.7. The van der Waals surface area contributed by atoms with Crippen molar-refractivity contribution in [1.82, 2.24) is 0 Å². The molecule has 0 N–H and O–H groups in total. The molecule has 1 nitrogen and oxygen atoms in total. The second-order valence-electron chi connectivity index (χ2n) is 6.94. The summed E-state index contributed by atoms with van der Waals surface area (Å²) in [6.45, 7) is 12.5. The summed E-state index contributed by atoms with van der Waals surface area (Å²) in [5, 5.41) is 1.04. The fourth-order valence-corrected chi connectivity index (χ4v) is 3.59. The monoisotopic (exact) mass is 304 g/mol. The fourth-order valence-electron chi connectivity index (χ4n) is 2.43. The molecule has 0 aromatic carbocycles. The summed E-state index contributed by atoms with van der Waals surface area (Å²) in [6.07, 6.45) is 4.34. The molecule has 0 spiro atoms. The summed E-state index contributed by atoms with van der Waals surface area (Å²) in [5.74, 6) is 2.31. The molecule has 0 aliphatic heterocycles. The molecule has 1 rings (SSSR count). The van der Waals surface area contributed by atoms with E-state index in [2.05, 4.69) is 50.5 Å². The van der Waals surface area contributed by atoms with Crippen LogP contribution in [0.1, 0.15) is 53.9 Å². The third-order valence-corrected chi connectivity index (χ3v) is 5.28. The maximum absolute atomic E-state index is 6.15. The molecule has 0 radical (unpaired) electrons. The largest absolute Gasteiger partial charge is 0.378 e. The van der Waals surface area contributed by atoms with Gasteiger partial charge in [-0.1, -0.05) is 50.5 Å². The van der Waals surface area contributed by atoms with Gasteiger partial charge in [0.05, 0.1) is 12.7 Å². The van der Waals surface area contributed by atoms with Crippen LogP contribution >= 0.6 is 15.9 Å². The van der Waals surface area contributed by atoms with E-state index in [1.165, 1.54) is 19.3 Å². The van der Waals surface area contributed by atoms with Crippen LogP contribution < -0.4 is 0 Å². The highest BCUT2D eigenvalue weighted by molar-refractivity contribution is 9.09. The number of alkyl halides is 1. The summed E-state index contributed by atoms with van der Waals surface area (Å²) < 4.78 is 6.15. The van der Waals surface area contributed by atoms with Gasteiger partial charge in [0.2, 0.25) is 0 Å². The molecule has 1 aliphatic rings. The van der Waals surface area contributed by atoms with Crippen LogP contribution in [0.3, 0.4) is 0 Å². The zero-order valence-electron chi connectivity index (χ0n) is 12.1. The van der Waals surface area contributed by atoms with Crippen molar-refractivity contribution in [2.24, 2.45) is 23.2 Å². The molecule has 102 valence electrons. The first-order valence-electron chi connectivity index (χ1n) is 7.02. The van der Waals surface area contributed by atoms with Gasteiger partial charge in [-0.2, -0.15) is 0 Å². The number of rotatable bonds is 4. The molecule has 0 heterocycles. The van der Waals surface area contributed by atoms with E-state index in [-0.39, 0.29) is 0 Å². The molecule has 0 aromatic heterocycles. The maximum atomic E-state index is 6.15. The Morgan fingerprint density at radius 3 is 2.29 bits per heavy atom. The highest BCUT2D eigenvalue weighted by Gasteiger charge is 2.28. The van der Waals surface area contributed by atoms with Gasteiger partial charge in [-0.05, 0) is 42.4 Å². The third-order valence-electron chi connectivity index (χ3n) is 4.49. The highest BCUT2D eigenvalue weighted by Crippen LogP contribution is 2.33. The maximum Gasteiger partial charge on any atom is 0.0578 e. The van der Waals surface area contributed by atoms with Gasteiger partial charge >= 0.3 is 0 Å². The lowest BCUT2D eigenvalue weighted by atomic mass is 9.80. The van der Waals surface area contributed by atoms with E-state index in [0.717, 1.165) is 23.8 Å². The molecular formula is C15H29BrO. The summed E-state index contributed by atoms with van der Waals surface area (Å²) in [5.41, 5.74) is 0.330. The topological polar surface area (TPSA) is 9.23 Å². The van der Waals surface area contributed by atoms with Crippen LogP contribution in [0.4, 0.5) is 0 Å². The molecule has 17 heavy (non-hydrogen) atoms. The smallest absolute Gasteiger partial charge is 0.0578 e. The SMILES string of the molecule is CC1CCC(OCC(CBr)C(C)(C)C)CC1C. The van der Waals surface area contributed by atoms with Crippen LogP contribution in [0.5, 0.6) is 0 Å². The quantitative estimate of drug-likeness (QED) is 0.672. The van der Waals surface area contributed by atoms with Gasteiger partial charge in [0, 0.05) is 5.33 Å². The lowest BCUT2D eigenvalue weighted by Crippen LogP contribution is -2.32. The summed E-state index contributed by atoms with van der Waals surface area (Å²) in [4.78, 5) is 0. The third kappa shape index (κ3) is 4.90. The van der Waals surface area contributed by atoms with E-state index >= 15 is 0 Å². The molecule has 0 amide bonds. The van der Waals surface area contributed by atoms with Crippen LogP contribution in [0.2, 0.25) is 0 Å². The average molecular weight is 305 g/mol. The normalized spacial score (nSPS) is 32.5. The Balaban J connectivity index is 2.35. The molecule has 2 heteroatoms. The average Bonchev–Trinajstić information content (AvgIpc) is 2.22. The Kier molecular flexibility index (Phi) is 5.98. The molecule has 0 saturated heterocycles. The van der Waals surface area contributed by atoms with Crippen LogP contribution in [0.15, 0.2) is 0 Å². The van der Waals surface area contributed by atoms with Crippen LogP contribution in [0, 0.1) is 23.2 Å². The lowest BCUT2D eigenvalue weighted by Gasteiger charge is -2.35. The van der Waals surface area contributed by atoms with E-state index < -0.39 is 0 Å². The van der Waals surface area contributed by atoms with Crippen molar-refractivity contribution in [3.8, 4) is 0 Å². The highest BCUT2D eigenvalue weighted by atomic mass is 79.9. The molecule has 0 aromatic rings. The molecule has 0 bridgehead atoms. The van der Waals surface area contributed by atoms with Crippen LogP contribution in [-0.2, 0) is 4.74 Å². The minimum absolute atomic E-state index is 0.330. The molecule has 1 saturated carbocycles. The van der Waals surface area contributed by atoms with Crippen molar-refractivity contribution >= 4 is 15.9 Å². The zero-order chi connectivity index (χ0) is 13.1. The summed E-state index contributed by atoms with van der Waals surface area (Å²) >= 11 is 3.62. The molecule has 4 unspecified atom stereocenters. The van der Waals surface area contributed by atoms with E-state index in [9.17, 15) is 0 Å². The van der Waals surface area contributed by atoms with Gasteiger partial charge in [0.25, 0.3) is 0 Å². The van der Waals surface area contributed by atoms with E-state index in [1.807, 2.05) is 0 Å². The molecule has 1 fully saturated rings. The van der Waals surface area contributed by atoms with Gasteiger partial charge in [0.1, 0.15) is 0 Å². The number of ether oxygens (including phenoxy) is 1. The van der Waals surface area contributed by atoms with Crippen LogP contribution in [-0.4, -0.2) is 18.0 Å². The van der Waals surface area contributed by atoms with Gasteiger partial charge in [-0.3, -0.25) is 0 Å². The van der Waals surface area contributed by atoms with Gasteiger partial charge in [-0.15, -0.1) is 0 Å². The van der Waals surface area contributed by atoms with Gasteiger partial charge < -0.3 is 4.74 Å². The molecule has 1 aliphatic carbocycles. The first-order valence-corrected chi connectivity index (χ1v) is 8.14. The van der Waals surface area contributed by atoms with Crippen molar-refractivity contribution in [2.45, 2.75) is 60.0 Å². The van der Waals surface area contributed by atoms with Crippen molar-refractivity contribution in [1.29, 1.82) is 0 Å². The number of hydrogen-bond acceptors (Lipinski definition) is 1. The summed E-state index contributed by atoms with van der Waals surface area (Å²) in [6, 6.07) is 0. The van der Waals surface area contributed by atoms with E-state index in [4.69, 9.17) is 4.74 Å². The predicted octanol–water partition coefficient (Wildman–Crippen LogP) is 4.88. The van der Waals surface area contributed by atoms with Gasteiger partial charge in [0.15, 0.2) is 0 Å². The van der Waals surface area contributed by atoms with Crippen LogP contribution in [0.25, 0.3) is 0 Å². The minimum Gasteiger partial charge on any atom is -0.378 e. The fraction of sp³-hybridized carbons (Fsp3) is 1.00. The van der Waals surface area contributed by atoms with E-state index in [1.54, 1.807) is 0 Å². The Hall–Kier alpha value is 0.440. The molecule has 4 atom stereocenters. The Labute approximate surface area is 116 Å². The Bertz CT molecular complexity index is 221. The predicted molar refractivity (Wildman–Crippen MR) is 78.7 cm³/mol. The van der Waals surface area contributed by atoms with Crippen molar-refractivity contribution < 1.29 is 4.74 Å². The first kappa shape index (κ1) is 15.5. The first-order chi connectivity index (χ1) is 7.84. The van der Waals surface area contributed by atoms with Crippen molar-refractivity contribution in [2.75, 3.05) is 11.9 Å². The standard InChI is InChI=1S/C15H29BrO/c1-11-6-7-14(8-12(11)2)17-10-13(9-16)15(3,4)5/h11-14H,6-10H2,1-5H3. The Morgan fingerprint density at radius 1 is 1.18 bits per heavy atom. The van der Waals surface area contributed by atoms with Gasteiger partial charge in [-0.25, -0.2) is 0 Å². The van der Waals surface area contributed by atoms with Crippen molar-refractivity contribution in [3.05, 3.63) is 0 Å². The lowest BCUT2D eigenvalue weighted by molar-refractivity contribution is -0.0265. The second kappa shape index (κ2) is 6.56. The second-order valence-corrected chi connectivity index (χ2v) is 7.59. The van der Waals surface area contributed by atoms with Crippen molar-refractivity contribution in [3.63, 3.8) is 0 Å².